The molecule has 1 aromatic rings. The maximum atomic E-state index is 11.8. The minimum Gasteiger partial charge on any atom is -0.422 e. The van der Waals surface area contributed by atoms with Crippen LogP contribution in [0.15, 0.2) is 30.3 Å². The molecule has 0 saturated heterocycles. The molecule has 0 aliphatic heterocycles. The normalized spacial score (nSPS) is 12.8. The predicted molar refractivity (Wildman–Crippen MR) is 89.8 cm³/mol. The summed E-state index contributed by atoms with van der Waals surface area (Å²) in [5, 5.41) is -1.35. The van der Waals surface area contributed by atoms with E-state index in [-0.39, 0.29) is 24.4 Å². The van der Waals surface area contributed by atoms with Gasteiger partial charge in [-0.1, -0.05) is 18.2 Å². The molecular formula is C17H20O6S. The summed E-state index contributed by atoms with van der Waals surface area (Å²) in [5.74, 6) is -0.892. The second kappa shape index (κ2) is 9.87. The van der Waals surface area contributed by atoms with Crippen molar-refractivity contribution in [1.82, 2.24) is 0 Å². The van der Waals surface area contributed by atoms with Gasteiger partial charge < -0.3 is 14.3 Å². The standard InChI is InChI=1S/C17H20O6S/c1-11(18)9-10-15(19)12(2)24-17(21)23-13(3)22-16(20)14-7-5-4-6-8-14/h4-8,12-13H,9-10H2,1-3H3/t12?,13-/m1/s1. The number of ketones is 2. The molecule has 0 spiro atoms. The highest BCUT2D eigenvalue weighted by atomic mass is 32.2. The Hall–Kier alpha value is -2.15. The average Bonchev–Trinajstić information content (AvgIpc) is 2.52. The lowest BCUT2D eigenvalue weighted by atomic mass is 10.1. The lowest BCUT2D eigenvalue weighted by Gasteiger charge is -2.15. The topological polar surface area (TPSA) is 86.7 Å². The summed E-state index contributed by atoms with van der Waals surface area (Å²) in [5.41, 5.74) is 0.348. The van der Waals surface area contributed by atoms with Crippen LogP contribution in [-0.4, -0.2) is 34.4 Å². The number of rotatable bonds is 8. The van der Waals surface area contributed by atoms with Crippen LogP contribution in [0.25, 0.3) is 0 Å². The van der Waals surface area contributed by atoms with E-state index in [0.717, 1.165) is 0 Å². The summed E-state index contributed by atoms with van der Waals surface area (Å²) in [4.78, 5) is 46.2. The molecule has 1 aromatic carbocycles. The maximum absolute atomic E-state index is 11.8. The SMILES string of the molecule is CC(=O)CCC(=O)C(C)SC(=O)O[C@H](C)OC(=O)c1ccccc1. The molecule has 0 N–H and O–H groups in total. The molecule has 0 saturated carbocycles. The Labute approximate surface area is 144 Å². The van der Waals surface area contributed by atoms with Crippen LogP contribution in [0.3, 0.4) is 0 Å². The zero-order valence-corrected chi connectivity index (χ0v) is 14.6. The van der Waals surface area contributed by atoms with Crippen LogP contribution in [0.1, 0.15) is 44.0 Å². The largest absolute Gasteiger partial charge is 0.422 e. The van der Waals surface area contributed by atoms with Gasteiger partial charge >= 0.3 is 11.3 Å². The second-order valence-corrected chi connectivity index (χ2v) is 6.41. The van der Waals surface area contributed by atoms with Crippen LogP contribution in [0.5, 0.6) is 0 Å². The van der Waals surface area contributed by atoms with Crippen molar-refractivity contribution in [3.63, 3.8) is 0 Å². The second-order valence-electron chi connectivity index (χ2n) is 5.14. The highest BCUT2D eigenvalue weighted by Crippen LogP contribution is 2.18. The highest BCUT2D eigenvalue weighted by molar-refractivity contribution is 8.14. The Kier molecular flexibility index (Phi) is 8.18. The van der Waals surface area contributed by atoms with Gasteiger partial charge in [0, 0.05) is 19.8 Å². The number of esters is 1. The summed E-state index contributed by atoms with van der Waals surface area (Å²) < 4.78 is 9.95. The molecule has 0 aliphatic rings. The van der Waals surface area contributed by atoms with E-state index in [1.165, 1.54) is 13.8 Å². The summed E-state index contributed by atoms with van der Waals surface area (Å²) in [6.07, 6.45) is -0.823. The van der Waals surface area contributed by atoms with Crippen molar-refractivity contribution in [1.29, 1.82) is 0 Å². The van der Waals surface area contributed by atoms with Gasteiger partial charge in [-0.15, -0.1) is 0 Å². The number of ether oxygens (including phenoxy) is 2. The van der Waals surface area contributed by atoms with Crippen LogP contribution < -0.4 is 0 Å². The van der Waals surface area contributed by atoms with Gasteiger partial charge in [-0.3, -0.25) is 4.79 Å². The van der Waals surface area contributed by atoms with Gasteiger partial charge in [-0.2, -0.15) is 0 Å². The quantitative estimate of drug-likeness (QED) is 0.523. The van der Waals surface area contributed by atoms with Crippen LogP contribution in [-0.2, 0) is 19.1 Å². The number of thioether (sulfide) groups is 1. The van der Waals surface area contributed by atoms with Crippen LogP contribution in [0.2, 0.25) is 0 Å². The third-order valence-electron chi connectivity index (χ3n) is 2.99. The van der Waals surface area contributed by atoms with Gasteiger partial charge in [0.2, 0.25) is 6.29 Å². The fraction of sp³-hybridized carbons (Fsp3) is 0.412. The number of Topliss-reactive ketones (excluding diaryl/α,β-unsaturated/α-hetero) is 2. The third kappa shape index (κ3) is 7.41. The first-order valence-electron chi connectivity index (χ1n) is 7.45. The molecule has 1 unspecified atom stereocenters. The van der Waals surface area contributed by atoms with Crippen LogP contribution in [0.4, 0.5) is 4.79 Å². The first kappa shape index (κ1) is 19.9. The summed E-state index contributed by atoms with van der Waals surface area (Å²) >= 11 is 0.697. The molecule has 6 nitrogen and oxygen atoms in total. The van der Waals surface area contributed by atoms with Crippen molar-refractivity contribution >= 4 is 34.6 Å². The van der Waals surface area contributed by atoms with Gasteiger partial charge in [0.05, 0.1) is 10.8 Å². The molecule has 7 heteroatoms. The summed E-state index contributed by atoms with van der Waals surface area (Å²) in [7, 11) is 0. The average molecular weight is 352 g/mol. The molecule has 24 heavy (non-hydrogen) atoms. The zero-order chi connectivity index (χ0) is 18.1. The van der Waals surface area contributed by atoms with Gasteiger partial charge in [-0.25, -0.2) is 9.59 Å². The number of carbonyl (C=O) groups is 4. The van der Waals surface area contributed by atoms with E-state index in [4.69, 9.17) is 9.47 Å². The number of hydrogen-bond acceptors (Lipinski definition) is 7. The van der Waals surface area contributed by atoms with Crippen LogP contribution in [0, 0.1) is 0 Å². The molecule has 130 valence electrons. The number of hydrogen-bond donors (Lipinski definition) is 0. The van der Waals surface area contributed by atoms with E-state index in [2.05, 4.69) is 0 Å². The molecule has 0 bridgehead atoms. The smallest absolute Gasteiger partial charge is 0.371 e. The van der Waals surface area contributed by atoms with Crippen molar-refractivity contribution in [2.75, 3.05) is 0 Å². The Morgan fingerprint density at radius 1 is 1.00 bits per heavy atom. The molecule has 0 fully saturated rings. The lowest BCUT2D eigenvalue weighted by Crippen LogP contribution is -2.22. The summed E-state index contributed by atoms with van der Waals surface area (Å²) in [6.45, 7) is 4.39. The van der Waals surface area contributed by atoms with Crippen molar-refractivity contribution in [2.24, 2.45) is 0 Å². The molecule has 0 aliphatic carbocycles. The van der Waals surface area contributed by atoms with E-state index in [1.807, 2.05) is 0 Å². The monoisotopic (exact) mass is 352 g/mol. The van der Waals surface area contributed by atoms with Gasteiger partial charge in [-0.05, 0) is 37.7 Å². The third-order valence-corrected chi connectivity index (χ3v) is 3.90. The first-order chi connectivity index (χ1) is 11.3. The van der Waals surface area contributed by atoms with Gasteiger partial charge in [0.25, 0.3) is 0 Å². The Morgan fingerprint density at radius 2 is 1.62 bits per heavy atom. The Bertz CT molecular complexity index is 598. The van der Waals surface area contributed by atoms with Crippen molar-refractivity contribution in [3.8, 4) is 0 Å². The molecule has 0 amide bonds. The molecule has 2 atom stereocenters. The molecular weight excluding hydrogens is 332 g/mol. The minimum absolute atomic E-state index is 0.0791. The van der Waals surface area contributed by atoms with Gasteiger partial charge in [0.1, 0.15) is 11.6 Å². The lowest BCUT2D eigenvalue weighted by molar-refractivity contribution is -0.122. The van der Waals surface area contributed by atoms with Crippen LogP contribution >= 0.6 is 11.8 Å². The van der Waals surface area contributed by atoms with E-state index >= 15 is 0 Å². The fourth-order valence-electron chi connectivity index (χ4n) is 1.69. The molecule has 0 radical (unpaired) electrons. The van der Waals surface area contributed by atoms with Crippen molar-refractivity contribution < 1.29 is 28.7 Å². The molecule has 0 heterocycles. The number of benzene rings is 1. The van der Waals surface area contributed by atoms with E-state index < -0.39 is 22.8 Å². The highest BCUT2D eigenvalue weighted by Gasteiger charge is 2.22. The first-order valence-corrected chi connectivity index (χ1v) is 8.33. The molecule has 0 aromatic heterocycles. The Balaban J connectivity index is 2.39. The maximum Gasteiger partial charge on any atom is 0.371 e. The van der Waals surface area contributed by atoms with E-state index in [1.54, 1.807) is 37.3 Å². The minimum atomic E-state index is -1.07. The predicted octanol–water partition coefficient (Wildman–Crippen LogP) is 3.39. The van der Waals surface area contributed by atoms with E-state index in [0.29, 0.717) is 17.3 Å². The van der Waals surface area contributed by atoms with Crippen molar-refractivity contribution in [2.45, 2.75) is 45.2 Å². The van der Waals surface area contributed by atoms with Gasteiger partial charge in [0.15, 0.2) is 0 Å². The Morgan fingerprint density at radius 3 is 2.21 bits per heavy atom. The zero-order valence-electron chi connectivity index (χ0n) is 13.8. The summed E-state index contributed by atoms with van der Waals surface area (Å²) in [6, 6.07) is 8.32. The van der Waals surface area contributed by atoms with Crippen molar-refractivity contribution in [3.05, 3.63) is 35.9 Å². The van der Waals surface area contributed by atoms with E-state index in [9.17, 15) is 19.2 Å². The number of carbonyl (C=O) groups excluding carboxylic acids is 4. The fourth-order valence-corrected chi connectivity index (χ4v) is 2.42. The molecule has 1 rings (SSSR count).